The van der Waals surface area contributed by atoms with Crippen molar-refractivity contribution in [2.24, 2.45) is 0 Å². The number of carbonyl (C=O) groups is 1. The number of hydrogen-bond donors (Lipinski definition) is 1. The highest BCUT2D eigenvalue weighted by atomic mass is 35.5. The van der Waals surface area contributed by atoms with Crippen LogP contribution in [0.1, 0.15) is 19.8 Å². The normalized spacial score (nSPS) is 10.8. The van der Waals surface area contributed by atoms with Crippen molar-refractivity contribution in [2.45, 2.75) is 19.8 Å². The Morgan fingerprint density at radius 3 is 2.76 bits per heavy atom. The number of amides is 1. The molecule has 0 radical (unpaired) electrons. The van der Waals surface area contributed by atoms with Gasteiger partial charge < -0.3 is 5.32 Å². The fourth-order valence-electron chi connectivity index (χ4n) is 1.41. The highest BCUT2D eigenvalue weighted by Crippen LogP contribution is 2.35. The smallest absolute Gasteiger partial charge is 0.226 e. The number of carbonyl (C=O) groups excluding carboxylic acids is 1. The molecule has 0 aliphatic heterocycles. The molecule has 1 N–H and O–H groups in total. The lowest BCUT2D eigenvalue weighted by atomic mass is 10.3. The van der Waals surface area contributed by atoms with Crippen molar-refractivity contribution in [3.63, 3.8) is 0 Å². The first-order valence-electron chi connectivity index (χ1n) is 5.16. The topological polar surface area (TPSA) is 42.0 Å². The second-order valence-corrected chi connectivity index (χ2v) is 5.34. The lowest BCUT2D eigenvalue weighted by Crippen LogP contribution is -2.09. The lowest BCUT2D eigenvalue weighted by Gasteiger charge is -1.97. The molecule has 90 valence electrons. The first-order chi connectivity index (χ1) is 8.11. The Morgan fingerprint density at radius 1 is 1.41 bits per heavy atom. The summed E-state index contributed by atoms with van der Waals surface area (Å²) in [5.74, 6) is -0.0428. The van der Waals surface area contributed by atoms with Gasteiger partial charge in [0.25, 0.3) is 0 Å². The van der Waals surface area contributed by atoms with Crippen LogP contribution in [0.4, 0.5) is 5.13 Å². The van der Waals surface area contributed by atoms with E-state index in [0.29, 0.717) is 27.1 Å². The maximum absolute atomic E-state index is 11.4. The molecule has 2 aromatic rings. The highest BCUT2D eigenvalue weighted by molar-refractivity contribution is 7.23. The number of nitrogens with zero attached hydrogens (tertiary/aromatic N) is 1. The fourth-order valence-corrected chi connectivity index (χ4v) is 2.84. The van der Waals surface area contributed by atoms with Gasteiger partial charge in [-0.2, -0.15) is 0 Å². The van der Waals surface area contributed by atoms with E-state index >= 15 is 0 Å². The molecule has 0 aliphatic carbocycles. The highest BCUT2D eigenvalue weighted by Gasteiger charge is 2.11. The Labute approximate surface area is 113 Å². The van der Waals surface area contributed by atoms with E-state index in [4.69, 9.17) is 23.2 Å². The number of halogens is 2. The SMILES string of the molecule is CCCC(=O)Nc1nc2c(Cl)ccc(Cl)c2s1. The van der Waals surface area contributed by atoms with Gasteiger partial charge in [0, 0.05) is 6.42 Å². The molecule has 6 heteroatoms. The molecule has 0 spiro atoms. The third-order valence-corrected chi connectivity index (χ3v) is 3.91. The van der Waals surface area contributed by atoms with Gasteiger partial charge in [-0.1, -0.05) is 41.5 Å². The van der Waals surface area contributed by atoms with Gasteiger partial charge >= 0.3 is 0 Å². The Morgan fingerprint density at radius 2 is 2.12 bits per heavy atom. The van der Waals surface area contributed by atoms with Crippen molar-refractivity contribution in [1.82, 2.24) is 4.98 Å². The molecule has 1 aromatic heterocycles. The second-order valence-electron chi connectivity index (χ2n) is 3.52. The van der Waals surface area contributed by atoms with Crippen molar-refractivity contribution in [3.8, 4) is 0 Å². The Balaban J connectivity index is 2.35. The van der Waals surface area contributed by atoms with Crippen LogP contribution in [0, 0.1) is 0 Å². The summed E-state index contributed by atoms with van der Waals surface area (Å²) >= 11 is 13.4. The zero-order valence-corrected chi connectivity index (χ0v) is 11.4. The van der Waals surface area contributed by atoms with E-state index in [0.717, 1.165) is 11.1 Å². The minimum absolute atomic E-state index is 0.0428. The summed E-state index contributed by atoms with van der Waals surface area (Å²) < 4.78 is 0.797. The first-order valence-corrected chi connectivity index (χ1v) is 6.73. The van der Waals surface area contributed by atoms with Gasteiger partial charge in [-0.15, -0.1) is 0 Å². The summed E-state index contributed by atoms with van der Waals surface area (Å²) in [7, 11) is 0. The number of hydrogen-bond acceptors (Lipinski definition) is 3. The lowest BCUT2D eigenvalue weighted by molar-refractivity contribution is -0.116. The van der Waals surface area contributed by atoms with E-state index in [1.54, 1.807) is 12.1 Å². The molecule has 0 saturated heterocycles. The summed E-state index contributed by atoms with van der Waals surface area (Å²) in [4.78, 5) is 15.7. The summed E-state index contributed by atoms with van der Waals surface area (Å²) in [6, 6.07) is 3.42. The molecule has 17 heavy (non-hydrogen) atoms. The van der Waals surface area contributed by atoms with Gasteiger partial charge in [0.1, 0.15) is 5.52 Å². The number of thiazole rings is 1. The summed E-state index contributed by atoms with van der Waals surface area (Å²) in [5.41, 5.74) is 0.635. The molecular weight excluding hydrogens is 279 g/mol. The number of fused-ring (bicyclic) bond motifs is 1. The predicted molar refractivity (Wildman–Crippen MR) is 73.2 cm³/mol. The molecule has 2 rings (SSSR count). The third kappa shape index (κ3) is 2.70. The van der Waals surface area contributed by atoms with Crippen molar-refractivity contribution >= 4 is 55.8 Å². The third-order valence-electron chi connectivity index (χ3n) is 2.17. The van der Waals surface area contributed by atoms with E-state index in [-0.39, 0.29) is 5.91 Å². The standard InChI is InChI=1S/C11H10Cl2N2OS/c1-2-3-8(16)14-11-15-9-6(12)4-5-7(13)10(9)17-11/h4-5H,2-3H2,1H3,(H,14,15,16). The summed E-state index contributed by atoms with van der Waals surface area (Å²) in [6.07, 6.45) is 1.29. The van der Waals surface area contributed by atoms with Crippen LogP contribution in [0.5, 0.6) is 0 Å². The molecule has 0 atom stereocenters. The van der Waals surface area contributed by atoms with Gasteiger partial charge in [-0.3, -0.25) is 4.79 Å². The van der Waals surface area contributed by atoms with Crippen LogP contribution in [-0.2, 0) is 4.79 Å². The van der Waals surface area contributed by atoms with E-state index < -0.39 is 0 Å². The van der Waals surface area contributed by atoms with E-state index in [1.807, 2.05) is 6.92 Å². The maximum atomic E-state index is 11.4. The molecule has 0 saturated carbocycles. The summed E-state index contributed by atoms with van der Waals surface area (Å²) in [6.45, 7) is 1.95. The van der Waals surface area contributed by atoms with E-state index in [9.17, 15) is 4.79 Å². The molecule has 0 fully saturated rings. The number of benzene rings is 1. The summed E-state index contributed by atoms with van der Waals surface area (Å²) in [5, 5.41) is 4.41. The first kappa shape index (κ1) is 12.6. The predicted octanol–water partition coefficient (Wildman–Crippen LogP) is 4.34. The van der Waals surface area contributed by atoms with Crippen molar-refractivity contribution in [2.75, 3.05) is 5.32 Å². The van der Waals surface area contributed by atoms with Crippen LogP contribution in [0.2, 0.25) is 10.0 Å². The molecule has 3 nitrogen and oxygen atoms in total. The maximum Gasteiger partial charge on any atom is 0.226 e. The van der Waals surface area contributed by atoms with Gasteiger partial charge in [-0.25, -0.2) is 4.98 Å². The van der Waals surface area contributed by atoms with Crippen LogP contribution < -0.4 is 5.32 Å². The fraction of sp³-hybridized carbons (Fsp3) is 0.273. The zero-order chi connectivity index (χ0) is 12.4. The second kappa shape index (κ2) is 5.21. The van der Waals surface area contributed by atoms with Crippen LogP contribution in [0.3, 0.4) is 0 Å². The molecule has 1 aromatic carbocycles. The van der Waals surface area contributed by atoms with Crippen molar-refractivity contribution in [1.29, 1.82) is 0 Å². The monoisotopic (exact) mass is 288 g/mol. The number of rotatable bonds is 3. The zero-order valence-electron chi connectivity index (χ0n) is 9.09. The van der Waals surface area contributed by atoms with Crippen LogP contribution in [-0.4, -0.2) is 10.9 Å². The average Bonchev–Trinajstić information content (AvgIpc) is 2.69. The molecule has 0 unspecified atom stereocenters. The van der Waals surface area contributed by atoms with Crippen LogP contribution in [0.15, 0.2) is 12.1 Å². The minimum Gasteiger partial charge on any atom is -0.302 e. The average molecular weight is 289 g/mol. The number of nitrogens with one attached hydrogen (secondary N) is 1. The van der Waals surface area contributed by atoms with Gasteiger partial charge in [0.15, 0.2) is 5.13 Å². The molecular formula is C11H10Cl2N2OS. The van der Waals surface area contributed by atoms with Crippen LogP contribution >= 0.6 is 34.5 Å². The van der Waals surface area contributed by atoms with Crippen molar-refractivity contribution in [3.05, 3.63) is 22.2 Å². The number of aromatic nitrogens is 1. The van der Waals surface area contributed by atoms with Gasteiger partial charge in [-0.05, 0) is 18.6 Å². The quantitative estimate of drug-likeness (QED) is 0.913. The molecule has 0 aliphatic rings. The minimum atomic E-state index is -0.0428. The Kier molecular flexibility index (Phi) is 3.86. The Bertz CT molecular complexity index is 529. The largest absolute Gasteiger partial charge is 0.302 e. The van der Waals surface area contributed by atoms with E-state index in [2.05, 4.69) is 10.3 Å². The van der Waals surface area contributed by atoms with Crippen LogP contribution in [0.25, 0.3) is 10.2 Å². The Hall–Kier alpha value is -0.840. The molecule has 1 heterocycles. The molecule has 0 bridgehead atoms. The molecule has 1 amide bonds. The number of anilines is 1. The van der Waals surface area contributed by atoms with Crippen molar-refractivity contribution < 1.29 is 4.79 Å². The van der Waals surface area contributed by atoms with E-state index in [1.165, 1.54) is 11.3 Å². The van der Waals surface area contributed by atoms with Gasteiger partial charge in [0.05, 0.1) is 14.7 Å². The van der Waals surface area contributed by atoms with Gasteiger partial charge in [0.2, 0.25) is 5.91 Å².